The number of rotatable bonds is 1. The quantitative estimate of drug-likeness (QED) is 0.371. The van der Waals surface area contributed by atoms with Crippen LogP contribution in [0.2, 0.25) is 0 Å². The van der Waals surface area contributed by atoms with Crippen LogP contribution in [0.15, 0.2) is 24.3 Å². The van der Waals surface area contributed by atoms with E-state index in [0.29, 0.717) is 5.69 Å². The molecule has 0 atom stereocenters. The van der Waals surface area contributed by atoms with Gasteiger partial charge in [-0.05, 0) is 23.6 Å². The zero-order valence-corrected chi connectivity index (χ0v) is 5.78. The van der Waals surface area contributed by atoms with Crippen molar-refractivity contribution in [2.24, 2.45) is 0 Å². The van der Waals surface area contributed by atoms with Crippen LogP contribution >= 0.6 is 0 Å². The van der Waals surface area contributed by atoms with Crippen molar-refractivity contribution < 1.29 is 0 Å². The first-order chi connectivity index (χ1) is 5.36. The standard InChI is InChI=1S/C8H6N3/c1-2-7-4-3-5-8(6-7)10-11-9/h1,3-6,10H/q+1. The normalized spacial score (nSPS) is 7.82. The maximum atomic E-state index is 8.15. The molecule has 0 saturated carbocycles. The summed E-state index contributed by atoms with van der Waals surface area (Å²) in [5.41, 5.74) is 3.79. The van der Waals surface area contributed by atoms with Gasteiger partial charge in [-0.1, -0.05) is 12.0 Å². The zero-order valence-electron chi connectivity index (χ0n) is 5.78. The van der Waals surface area contributed by atoms with E-state index in [1.807, 2.05) is 0 Å². The molecule has 1 aromatic rings. The van der Waals surface area contributed by atoms with Gasteiger partial charge < -0.3 is 0 Å². The zero-order chi connectivity index (χ0) is 8.10. The molecule has 0 aliphatic heterocycles. The lowest BCUT2D eigenvalue weighted by Gasteiger charge is -1.89. The highest BCUT2D eigenvalue weighted by atomic mass is 15.3. The van der Waals surface area contributed by atoms with Crippen molar-refractivity contribution in [3.8, 4) is 12.3 Å². The van der Waals surface area contributed by atoms with Gasteiger partial charge in [-0.25, -0.2) is 0 Å². The maximum absolute atomic E-state index is 8.15. The summed E-state index contributed by atoms with van der Waals surface area (Å²) in [6, 6.07) is 7.03. The Balaban J connectivity index is 2.96. The summed E-state index contributed by atoms with van der Waals surface area (Å²) in [6.07, 6.45) is 5.14. The Morgan fingerprint density at radius 3 is 3.00 bits per heavy atom. The van der Waals surface area contributed by atoms with E-state index in [-0.39, 0.29) is 0 Å². The Bertz CT molecular complexity index is 330. The van der Waals surface area contributed by atoms with Gasteiger partial charge in [0.05, 0.1) is 0 Å². The summed E-state index contributed by atoms with van der Waals surface area (Å²) in [6.45, 7) is 0. The van der Waals surface area contributed by atoms with E-state index in [4.69, 9.17) is 11.8 Å². The van der Waals surface area contributed by atoms with Crippen LogP contribution in [-0.2, 0) is 0 Å². The number of hydrogen-bond donors (Lipinski definition) is 1. The van der Waals surface area contributed by atoms with Crippen LogP contribution in [0.3, 0.4) is 0 Å². The lowest BCUT2D eigenvalue weighted by molar-refractivity contribution is 1.39. The molecule has 0 aromatic heterocycles. The van der Waals surface area contributed by atoms with Gasteiger partial charge in [0.2, 0.25) is 0 Å². The second-order valence-corrected chi connectivity index (χ2v) is 1.94. The van der Waals surface area contributed by atoms with Crippen LogP contribution in [0, 0.1) is 17.7 Å². The highest BCUT2D eigenvalue weighted by Crippen LogP contribution is 2.08. The summed E-state index contributed by atoms with van der Waals surface area (Å²) in [5.74, 6) is 2.46. The van der Waals surface area contributed by atoms with Gasteiger partial charge in [0.15, 0.2) is 0 Å². The third-order valence-electron chi connectivity index (χ3n) is 1.21. The topological polar surface area (TPSA) is 40.2 Å². The summed E-state index contributed by atoms with van der Waals surface area (Å²) < 4.78 is 0. The largest absolute Gasteiger partial charge is 0.308 e. The number of diazo groups is 1. The molecule has 3 nitrogen and oxygen atoms in total. The van der Waals surface area contributed by atoms with Gasteiger partial charge in [0.1, 0.15) is 5.69 Å². The molecule has 0 unspecified atom stereocenters. The molecule has 0 aliphatic carbocycles. The molecule has 1 rings (SSSR count). The van der Waals surface area contributed by atoms with Gasteiger partial charge in [-0.15, -0.1) is 6.42 Å². The van der Waals surface area contributed by atoms with Crippen molar-refractivity contribution in [2.75, 3.05) is 5.43 Å². The predicted octanol–water partition coefficient (Wildman–Crippen LogP) is 1.85. The van der Waals surface area contributed by atoms with E-state index in [9.17, 15) is 0 Å². The molecule has 0 radical (unpaired) electrons. The van der Waals surface area contributed by atoms with Crippen molar-refractivity contribution in [2.45, 2.75) is 0 Å². The molecule has 0 amide bonds. The van der Waals surface area contributed by atoms with Crippen LogP contribution in [0.25, 0.3) is 5.08 Å². The summed E-state index contributed by atoms with van der Waals surface area (Å²) in [7, 11) is 0. The van der Waals surface area contributed by atoms with E-state index < -0.39 is 0 Å². The molecule has 0 spiro atoms. The minimum atomic E-state index is 0.669. The predicted molar refractivity (Wildman–Crippen MR) is 43.1 cm³/mol. The molecule has 1 aromatic carbocycles. The minimum Gasteiger partial charge on any atom is -0.115 e. The third-order valence-corrected chi connectivity index (χ3v) is 1.21. The number of hydrogen-bond acceptors (Lipinski definition) is 2. The van der Waals surface area contributed by atoms with Crippen molar-refractivity contribution >= 4 is 5.69 Å². The molecule has 0 bridgehead atoms. The van der Waals surface area contributed by atoms with Crippen LogP contribution in [0.1, 0.15) is 5.56 Å². The van der Waals surface area contributed by atoms with Gasteiger partial charge in [-0.3, -0.25) is 0 Å². The summed E-state index contributed by atoms with van der Waals surface area (Å²) >= 11 is 0. The van der Waals surface area contributed by atoms with Crippen molar-refractivity contribution in [3.63, 3.8) is 0 Å². The fourth-order valence-corrected chi connectivity index (χ4v) is 0.736. The Hall–Kier alpha value is -2.00. The highest BCUT2D eigenvalue weighted by molar-refractivity contribution is 5.50. The molecule has 0 heterocycles. The van der Waals surface area contributed by atoms with Crippen molar-refractivity contribution in [1.82, 2.24) is 0 Å². The first kappa shape index (κ1) is 7.11. The lowest BCUT2D eigenvalue weighted by atomic mass is 10.2. The van der Waals surface area contributed by atoms with Gasteiger partial charge in [-0.2, -0.15) is 0 Å². The molecule has 52 valence electrons. The molecule has 0 aliphatic rings. The molecule has 0 saturated heterocycles. The van der Waals surface area contributed by atoms with Crippen molar-refractivity contribution in [1.29, 1.82) is 5.39 Å². The van der Waals surface area contributed by atoms with E-state index >= 15 is 0 Å². The monoisotopic (exact) mass is 144 g/mol. The highest BCUT2D eigenvalue weighted by Gasteiger charge is 1.96. The molecule has 3 heteroatoms. The Morgan fingerprint density at radius 2 is 2.36 bits per heavy atom. The summed E-state index contributed by atoms with van der Waals surface area (Å²) in [5, 5.41) is 10.9. The SMILES string of the molecule is C#Cc1cccc(N[N+]#N)c1. The number of benzene rings is 1. The number of anilines is 1. The maximum Gasteiger partial charge on any atom is 0.308 e. The Morgan fingerprint density at radius 1 is 1.55 bits per heavy atom. The van der Waals surface area contributed by atoms with Crippen LogP contribution in [0.5, 0.6) is 0 Å². The fourth-order valence-electron chi connectivity index (χ4n) is 0.736. The second-order valence-electron chi connectivity index (χ2n) is 1.94. The van der Waals surface area contributed by atoms with E-state index in [0.717, 1.165) is 5.56 Å². The average Bonchev–Trinajstić information content (AvgIpc) is 2.06. The number of nitrogens with one attached hydrogen (secondary N) is 1. The van der Waals surface area contributed by atoms with Gasteiger partial charge >= 0.3 is 5.08 Å². The summed E-state index contributed by atoms with van der Waals surface area (Å²) in [4.78, 5) is 0. The average molecular weight is 144 g/mol. The molecular weight excluding hydrogens is 138 g/mol. The number of nitrogens with zero attached hydrogens (tertiary/aromatic N) is 2. The smallest absolute Gasteiger partial charge is 0.115 e. The van der Waals surface area contributed by atoms with Gasteiger partial charge in [0.25, 0.3) is 5.39 Å². The molecular formula is C8H6N3+. The Kier molecular flexibility index (Phi) is 2.09. The van der Waals surface area contributed by atoms with Crippen LogP contribution in [-0.4, -0.2) is 0 Å². The Labute approximate surface area is 64.6 Å². The molecule has 11 heavy (non-hydrogen) atoms. The van der Waals surface area contributed by atoms with E-state index in [1.54, 1.807) is 24.3 Å². The van der Waals surface area contributed by atoms with Crippen molar-refractivity contribution in [3.05, 3.63) is 34.9 Å². The van der Waals surface area contributed by atoms with Crippen LogP contribution in [0.4, 0.5) is 5.69 Å². The van der Waals surface area contributed by atoms with E-state index in [1.165, 1.54) is 0 Å². The fraction of sp³-hybridized carbons (Fsp3) is 0. The lowest BCUT2D eigenvalue weighted by Crippen LogP contribution is -1.83. The van der Waals surface area contributed by atoms with Crippen LogP contribution < -0.4 is 5.43 Å². The first-order valence-corrected chi connectivity index (χ1v) is 3.03. The van der Waals surface area contributed by atoms with Gasteiger partial charge in [0, 0.05) is 5.56 Å². The second kappa shape index (κ2) is 3.24. The molecule has 0 fully saturated rings. The minimum absolute atomic E-state index is 0.669. The first-order valence-electron chi connectivity index (χ1n) is 3.03. The molecule has 1 N–H and O–H groups in total. The van der Waals surface area contributed by atoms with E-state index in [2.05, 4.69) is 16.4 Å². The number of terminal acetylenes is 1. The third kappa shape index (κ3) is 1.70.